The molecule has 0 saturated carbocycles. The zero-order chi connectivity index (χ0) is 11.5. The van der Waals surface area contributed by atoms with Crippen LogP contribution < -0.4 is 10.4 Å². The SMILES string of the molecule is CN1CCN(c2cc(B(O)O)ccn2)CC1. The largest absolute Gasteiger partial charge is 0.488 e. The Labute approximate surface area is 95.5 Å². The minimum atomic E-state index is -1.42. The molecule has 0 spiro atoms. The highest BCUT2D eigenvalue weighted by molar-refractivity contribution is 6.58. The zero-order valence-corrected chi connectivity index (χ0v) is 9.37. The second-order valence-corrected chi connectivity index (χ2v) is 4.11. The van der Waals surface area contributed by atoms with Crippen LogP contribution in [-0.2, 0) is 0 Å². The summed E-state index contributed by atoms with van der Waals surface area (Å²) in [7, 11) is 0.674. The molecule has 0 bridgehead atoms. The van der Waals surface area contributed by atoms with Crippen LogP contribution in [0.5, 0.6) is 0 Å². The van der Waals surface area contributed by atoms with Gasteiger partial charge in [-0.3, -0.25) is 0 Å². The molecule has 86 valence electrons. The van der Waals surface area contributed by atoms with E-state index < -0.39 is 7.12 Å². The zero-order valence-electron chi connectivity index (χ0n) is 9.37. The van der Waals surface area contributed by atoms with Crippen LogP contribution in [0, 0.1) is 0 Å². The number of anilines is 1. The van der Waals surface area contributed by atoms with Gasteiger partial charge in [0.05, 0.1) is 0 Å². The smallest absolute Gasteiger partial charge is 0.423 e. The van der Waals surface area contributed by atoms with E-state index in [9.17, 15) is 0 Å². The minimum Gasteiger partial charge on any atom is -0.423 e. The van der Waals surface area contributed by atoms with E-state index in [2.05, 4.69) is 21.8 Å². The molecule has 0 unspecified atom stereocenters. The van der Waals surface area contributed by atoms with Gasteiger partial charge < -0.3 is 19.8 Å². The van der Waals surface area contributed by atoms with E-state index in [0.717, 1.165) is 32.0 Å². The van der Waals surface area contributed by atoms with Gasteiger partial charge in [0.1, 0.15) is 5.82 Å². The van der Waals surface area contributed by atoms with E-state index in [1.54, 1.807) is 18.3 Å². The molecule has 1 aliphatic rings. The maximum Gasteiger partial charge on any atom is 0.488 e. The lowest BCUT2D eigenvalue weighted by molar-refractivity contribution is 0.312. The van der Waals surface area contributed by atoms with Gasteiger partial charge in [0.25, 0.3) is 0 Å². The Bertz CT molecular complexity index is 354. The highest BCUT2D eigenvalue weighted by Gasteiger charge is 2.17. The molecule has 1 saturated heterocycles. The van der Waals surface area contributed by atoms with E-state index in [-0.39, 0.29) is 0 Å². The molecule has 2 heterocycles. The molecule has 0 aromatic carbocycles. The fraction of sp³-hybridized carbons (Fsp3) is 0.500. The molecule has 2 N–H and O–H groups in total. The quantitative estimate of drug-likeness (QED) is 0.596. The van der Waals surface area contributed by atoms with Crippen LogP contribution >= 0.6 is 0 Å². The summed E-state index contributed by atoms with van der Waals surface area (Å²) in [5, 5.41) is 18.2. The van der Waals surface area contributed by atoms with Crippen molar-refractivity contribution in [2.24, 2.45) is 0 Å². The van der Waals surface area contributed by atoms with Gasteiger partial charge in [-0.25, -0.2) is 4.98 Å². The Morgan fingerprint density at radius 1 is 1.25 bits per heavy atom. The maximum absolute atomic E-state index is 9.09. The number of nitrogens with zero attached hydrogens (tertiary/aromatic N) is 3. The van der Waals surface area contributed by atoms with Gasteiger partial charge in [0.2, 0.25) is 0 Å². The molecular formula is C10H16BN3O2. The number of hydrogen-bond acceptors (Lipinski definition) is 5. The molecule has 1 fully saturated rings. The monoisotopic (exact) mass is 221 g/mol. The summed E-state index contributed by atoms with van der Waals surface area (Å²) in [4.78, 5) is 8.68. The van der Waals surface area contributed by atoms with Crippen molar-refractivity contribution in [3.05, 3.63) is 18.3 Å². The van der Waals surface area contributed by atoms with Crippen molar-refractivity contribution >= 4 is 18.4 Å². The van der Waals surface area contributed by atoms with Crippen LogP contribution in [0.1, 0.15) is 0 Å². The predicted octanol–water partition coefficient (Wildman–Crippen LogP) is -1.49. The molecule has 1 aromatic rings. The molecule has 2 rings (SSSR count). The van der Waals surface area contributed by atoms with Crippen LogP contribution in [0.2, 0.25) is 0 Å². The first-order valence-electron chi connectivity index (χ1n) is 5.42. The minimum absolute atomic E-state index is 0.490. The van der Waals surface area contributed by atoms with Crippen molar-refractivity contribution in [2.45, 2.75) is 0 Å². The first-order chi connectivity index (χ1) is 7.66. The first-order valence-corrected chi connectivity index (χ1v) is 5.42. The van der Waals surface area contributed by atoms with Crippen molar-refractivity contribution in [2.75, 3.05) is 38.1 Å². The Kier molecular flexibility index (Phi) is 3.43. The summed E-state index contributed by atoms with van der Waals surface area (Å²) in [6.45, 7) is 3.87. The maximum atomic E-state index is 9.09. The highest BCUT2D eigenvalue weighted by atomic mass is 16.4. The van der Waals surface area contributed by atoms with E-state index >= 15 is 0 Å². The van der Waals surface area contributed by atoms with Crippen molar-refractivity contribution in [1.82, 2.24) is 9.88 Å². The van der Waals surface area contributed by atoms with E-state index in [0.29, 0.717) is 5.46 Å². The van der Waals surface area contributed by atoms with E-state index in [4.69, 9.17) is 10.0 Å². The van der Waals surface area contributed by atoms with Crippen molar-refractivity contribution in [3.63, 3.8) is 0 Å². The van der Waals surface area contributed by atoms with Crippen LogP contribution in [-0.4, -0.2) is 60.3 Å². The van der Waals surface area contributed by atoms with E-state index in [1.165, 1.54) is 0 Å². The fourth-order valence-corrected chi connectivity index (χ4v) is 1.80. The van der Waals surface area contributed by atoms with Crippen molar-refractivity contribution < 1.29 is 10.0 Å². The number of aromatic nitrogens is 1. The molecule has 6 heteroatoms. The number of rotatable bonds is 2. The Morgan fingerprint density at radius 3 is 2.56 bits per heavy atom. The molecule has 16 heavy (non-hydrogen) atoms. The van der Waals surface area contributed by atoms with Gasteiger partial charge in [-0.05, 0) is 24.6 Å². The lowest BCUT2D eigenvalue weighted by Crippen LogP contribution is -2.45. The van der Waals surface area contributed by atoms with Gasteiger partial charge in [-0.15, -0.1) is 0 Å². The number of pyridine rings is 1. The Hall–Kier alpha value is -1.11. The third-order valence-corrected chi connectivity index (χ3v) is 2.89. The van der Waals surface area contributed by atoms with Gasteiger partial charge in [0.15, 0.2) is 0 Å². The molecule has 5 nitrogen and oxygen atoms in total. The number of piperazine rings is 1. The van der Waals surface area contributed by atoms with Gasteiger partial charge in [-0.2, -0.15) is 0 Å². The van der Waals surface area contributed by atoms with Gasteiger partial charge in [0, 0.05) is 32.4 Å². The topological polar surface area (TPSA) is 59.8 Å². The highest BCUT2D eigenvalue weighted by Crippen LogP contribution is 2.10. The second-order valence-electron chi connectivity index (χ2n) is 4.11. The standard InChI is InChI=1S/C10H16BN3O2/c1-13-4-6-14(7-5-13)10-8-9(11(15)16)2-3-12-10/h2-3,8,15-16H,4-7H2,1H3. The average molecular weight is 221 g/mol. The van der Waals surface area contributed by atoms with Crippen molar-refractivity contribution in [3.8, 4) is 0 Å². The molecule has 1 aromatic heterocycles. The number of hydrogen-bond donors (Lipinski definition) is 2. The predicted molar refractivity (Wildman–Crippen MR) is 63.8 cm³/mol. The van der Waals surface area contributed by atoms with Crippen molar-refractivity contribution in [1.29, 1.82) is 0 Å². The second kappa shape index (κ2) is 4.82. The van der Waals surface area contributed by atoms with Crippen LogP contribution in [0.4, 0.5) is 5.82 Å². The van der Waals surface area contributed by atoms with Gasteiger partial charge in [-0.1, -0.05) is 0 Å². The lowest BCUT2D eigenvalue weighted by Gasteiger charge is -2.33. The van der Waals surface area contributed by atoms with Gasteiger partial charge >= 0.3 is 7.12 Å². The summed E-state index contributed by atoms with van der Waals surface area (Å²) >= 11 is 0. The Balaban J connectivity index is 2.11. The summed E-state index contributed by atoms with van der Waals surface area (Å²) in [5.41, 5.74) is 0.490. The van der Waals surface area contributed by atoms with E-state index in [1.807, 2.05) is 0 Å². The molecule has 0 aliphatic carbocycles. The van der Waals surface area contributed by atoms with Crippen LogP contribution in [0.3, 0.4) is 0 Å². The van der Waals surface area contributed by atoms with Crippen LogP contribution in [0.15, 0.2) is 18.3 Å². The molecule has 0 atom stereocenters. The third-order valence-electron chi connectivity index (χ3n) is 2.89. The molecule has 1 aliphatic heterocycles. The van der Waals surface area contributed by atoms with Crippen LogP contribution in [0.25, 0.3) is 0 Å². The average Bonchev–Trinajstić information content (AvgIpc) is 2.30. The molecule has 0 amide bonds. The summed E-state index contributed by atoms with van der Waals surface area (Å²) in [6.07, 6.45) is 1.61. The number of likely N-dealkylation sites (N-methyl/N-ethyl adjacent to an activating group) is 1. The fourth-order valence-electron chi connectivity index (χ4n) is 1.80. The summed E-state index contributed by atoms with van der Waals surface area (Å²) < 4.78 is 0. The first kappa shape index (κ1) is 11.4. The summed E-state index contributed by atoms with van der Waals surface area (Å²) in [6, 6.07) is 3.35. The third kappa shape index (κ3) is 2.52. The summed E-state index contributed by atoms with van der Waals surface area (Å²) in [5.74, 6) is 0.818. The lowest BCUT2D eigenvalue weighted by atomic mass is 9.81. The Morgan fingerprint density at radius 2 is 1.94 bits per heavy atom. The normalized spacial score (nSPS) is 17.6. The molecule has 0 radical (unpaired) electrons. The molecular weight excluding hydrogens is 205 g/mol.